The summed E-state index contributed by atoms with van der Waals surface area (Å²) in [6, 6.07) is 6.36. The highest BCUT2D eigenvalue weighted by Crippen LogP contribution is 2.29. The molecule has 1 aliphatic rings. The first-order chi connectivity index (χ1) is 9.74. The quantitative estimate of drug-likeness (QED) is 0.800. The molecule has 0 aromatic heterocycles. The van der Waals surface area contributed by atoms with Gasteiger partial charge in [-0.3, -0.25) is 0 Å². The fourth-order valence-corrected chi connectivity index (χ4v) is 3.41. The van der Waals surface area contributed by atoms with E-state index in [1.165, 1.54) is 38.5 Å². The number of hydrogen-bond donors (Lipinski definition) is 2. The van der Waals surface area contributed by atoms with Gasteiger partial charge in [-0.25, -0.2) is 0 Å². The standard InChI is InChI=1S/C16H24BrNO2/c1-20-13-8-9-15(17)14(10-13)16(11-19)18-12-6-4-2-3-5-7-12/h8-10,12,16,18-19H,2-7,11H2,1H3. The summed E-state index contributed by atoms with van der Waals surface area (Å²) in [5, 5.41) is 13.4. The molecule has 4 heteroatoms. The van der Waals surface area contributed by atoms with Gasteiger partial charge in [0.05, 0.1) is 19.8 Å². The molecule has 2 rings (SSSR count). The number of rotatable bonds is 5. The lowest BCUT2D eigenvalue weighted by Crippen LogP contribution is -2.34. The third-order valence-electron chi connectivity index (χ3n) is 4.05. The molecule has 0 saturated heterocycles. The lowest BCUT2D eigenvalue weighted by atomic mass is 10.0. The van der Waals surface area contributed by atoms with Crippen molar-refractivity contribution in [2.75, 3.05) is 13.7 Å². The van der Waals surface area contributed by atoms with Crippen LogP contribution in [0.5, 0.6) is 5.75 Å². The summed E-state index contributed by atoms with van der Waals surface area (Å²) in [5.74, 6) is 0.823. The van der Waals surface area contributed by atoms with Gasteiger partial charge in [-0.15, -0.1) is 0 Å². The van der Waals surface area contributed by atoms with Gasteiger partial charge in [-0.1, -0.05) is 41.6 Å². The van der Waals surface area contributed by atoms with Crippen LogP contribution < -0.4 is 10.1 Å². The molecule has 0 heterocycles. The molecule has 0 aliphatic heterocycles. The molecule has 3 nitrogen and oxygen atoms in total. The predicted molar refractivity (Wildman–Crippen MR) is 85.1 cm³/mol. The Bertz CT molecular complexity index is 417. The van der Waals surface area contributed by atoms with Crippen molar-refractivity contribution in [2.45, 2.75) is 50.6 Å². The van der Waals surface area contributed by atoms with Gasteiger partial charge in [0.2, 0.25) is 0 Å². The second-order valence-corrected chi connectivity index (χ2v) is 6.33. The molecule has 1 unspecified atom stereocenters. The van der Waals surface area contributed by atoms with E-state index in [4.69, 9.17) is 4.74 Å². The predicted octanol–water partition coefficient (Wildman–Crippen LogP) is 3.80. The summed E-state index contributed by atoms with van der Waals surface area (Å²) < 4.78 is 6.30. The molecule has 1 saturated carbocycles. The first-order valence-electron chi connectivity index (χ1n) is 7.45. The zero-order chi connectivity index (χ0) is 14.4. The molecule has 0 amide bonds. The number of aliphatic hydroxyl groups is 1. The van der Waals surface area contributed by atoms with Gasteiger partial charge in [0.25, 0.3) is 0 Å². The van der Waals surface area contributed by atoms with Gasteiger partial charge in [0.15, 0.2) is 0 Å². The Balaban J connectivity index is 2.10. The number of ether oxygens (including phenoxy) is 1. The van der Waals surface area contributed by atoms with E-state index in [1.54, 1.807) is 7.11 Å². The summed E-state index contributed by atoms with van der Waals surface area (Å²) >= 11 is 3.57. The van der Waals surface area contributed by atoms with Crippen molar-refractivity contribution in [2.24, 2.45) is 0 Å². The molecule has 0 bridgehead atoms. The van der Waals surface area contributed by atoms with E-state index in [0.29, 0.717) is 6.04 Å². The largest absolute Gasteiger partial charge is 0.497 e. The fourth-order valence-electron chi connectivity index (χ4n) is 2.89. The molecule has 2 N–H and O–H groups in total. The van der Waals surface area contributed by atoms with Gasteiger partial charge >= 0.3 is 0 Å². The molecule has 1 aromatic carbocycles. The maximum absolute atomic E-state index is 9.74. The molecule has 1 aliphatic carbocycles. The Morgan fingerprint density at radius 3 is 2.60 bits per heavy atom. The zero-order valence-corrected chi connectivity index (χ0v) is 13.7. The molecule has 0 spiro atoms. The minimum absolute atomic E-state index is 0.0393. The van der Waals surface area contributed by atoms with E-state index >= 15 is 0 Å². The number of aliphatic hydroxyl groups excluding tert-OH is 1. The van der Waals surface area contributed by atoms with Gasteiger partial charge < -0.3 is 15.2 Å². The van der Waals surface area contributed by atoms with Crippen molar-refractivity contribution in [1.82, 2.24) is 5.32 Å². The summed E-state index contributed by atoms with van der Waals surface area (Å²) in [6.07, 6.45) is 7.66. The smallest absolute Gasteiger partial charge is 0.119 e. The van der Waals surface area contributed by atoms with Crippen molar-refractivity contribution in [1.29, 1.82) is 0 Å². The van der Waals surface area contributed by atoms with Crippen molar-refractivity contribution < 1.29 is 9.84 Å². The number of halogens is 1. The Kier molecular flexibility index (Phi) is 6.33. The molecular weight excluding hydrogens is 318 g/mol. The Hall–Kier alpha value is -0.580. The summed E-state index contributed by atoms with van der Waals surface area (Å²) in [7, 11) is 1.67. The van der Waals surface area contributed by atoms with Crippen LogP contribution in [0.1, 0.15) is 50.1 Å². The lowest BCUT2D eigenvalue weighted by molar-refractivity contribution is 0.227. The molecule has 20 heavy (non-hydrogen) atoms. The van der Waals surface area contributed by atoms with E-state index in [0.717, 1.165) is 15.8 Å². The van der Waals surface area contributed by atoms with Crippen LogP contribution in [0.2, 0.25) is 0 Å². The van der Waals surface area contributed by atoms with Crippen LogP contribution in [-0.2, 0) is 0 Å². The topological polar surface area (TPSA) is 41.5 Å². The fraction of sp³-hybridized carbons (Fsp3) is 0.625. The van der Waals surface area contributed by atoms with Gasteiger partial charge in [-0.05, 0) is 36.6 Å². The Morgan fingerprint density at radius 2 is 2.00 bits per heavy atom. The summed E-state index contributed by atoms with van der Waals surface area (Å²) in [5.41, 5.74) is 1.07. The number of benzene rings is 1. The van der Waals surface area contributed by atoms with Gasteiger partial charge in [0.1, 0.15) is 5.75 Å². The van der Waals surface area contributed by atoms with Crippen molar-refractivity contribution in [3.63, 3.8) is 0 Å². The molecule has 1 fully saturated rings. The first kappa shape index (κ1) is 15.8. The van der Waals surface area contributed by atoms with Crippen LogP contribution in [-0.4, -0.2) is 24.9 Å². The second-order valence-electron chi connectivity index (χ2n) is 5.48. The van der Waals surface area contributed by atoms with Crippen LogP contribution >= 0.6 is 15.9 Å². The molecule has 1 atom stereocenters. The third-order valence-corrected chi connectivity index (χ3v) is 4.78. The minimum atomic E-state index is -0.0393. The highest BCUT2D eigenvalue weighted by molar-refractivity contribution is 9.10. The average molecular weight is 342 g/mol. The Labute approximate surface area is 129 Å². The SMILES string of the molecule is COc1ccc(Br)c(C(CO)NC2CCCCCC2)c1. The van der Waals surface area contributed by atoms with Crippen LogP contribution in [0.15, 0.2) is 22.7 Å². The van der Waals surface area contributed by atoms with Crippen LogP contribution in [0.25, 0.3) is 0 Å². The molecule has 0 radical (unpaired) electrons. The van der Waals surface area contributed by atoms with Crippen LogP contribution in [0.4, 0.5) is 0 Å². The zero-order valence-electron chi connectivity index (χ0n) is 12.1. The third kappa shape index (κ3) is 4.21. The van der Waals surface area contributed by atoms with E-state index in [9.17, 15) is 5.11 Å². The molecular formula is C16H24BrNO2. The van der Waals surface area contributed by atoms with E-state index in [1.807, 2.05) is 18.2 Å². The van der Waals surface area contributed by atoms with E-state index in [-0.39, 0.29) is 12.6 Å². The van der Waals surface area contributed by atoms with Crippen LogP contribution in [0, 0.1) is 0 Å². The number of hydrogen-bond acceptors (Lipinski definition) is 3. The lowest BCUT2D eigenvalue weighted by Gasteiger charge is -2.25. The number of nitrogens with one attached hydrogen (secondary N) is 1. The average Bonchev–Trinajstić information content (AvgIpc) is 2.74. The van der Waals surface area contributed by atoms with Crippen molar-refractivity contribution in [3.05, 3.63) is 28.2 Å². The normalized spacial score (nSPS) is 18.6. The minimum Gasteiger partial charge on any atom is -0.497 e. The summed E-state index contributed by atoms with van der Waals surface area (Å²) in [6.45, 7) is 0.0995. The maximum atomic E-state index is 9.74. The van der Waals surface area contributed by atoms with Gasteiger partial charge in [-0.2, -0.15) is 0 Å². The maximum Gasteiger partial charge on any atom is 0.119 e. The first-order valence-corrected chi connectivity index (χ1v) is 8.24. The highest BCUT2D eigenvalue weighted by Gasteiger charge is 2.20. The van der Waals surface area contributed by atoms with E-state index < -0.39 is 0 Å². The Morgan fingerprint density at radius 1 is 1.30 bits per heavy atom. The van der Waals surface area contributed by atoms with Gasteiger partial charge in [0, 0.05) is 10.5 Å². The van der Waals surface area contributed by atoms with Crippen LogP contribution in [0.3, 0.4) is 0 Å². The number of methoxy groups -OCH3 is 1. The van der Waals surface area contributed by atoms with E-state index in [2.05, 4.69) is 21.2 Å². The monoisotopic (exact) mass is 341 g/mol. The van der Waals surface area contributed by atoms with Crippen molar-refractivity contribution in [3.8, 4) is 5.75 Å². The molecule has 112 valence electrons. The van der Waals surface area contributed by atoms with Crippen molar-refractivity contribution >= 4 is 15.9 Å². The molecule has 1 aromatic rings. The highest BCUT2D eigenvalue weighted by atomic mass is 79.9. The second kappa shape index (κ2) is 8.01. The summed E-state index contributed by atoms with van der Waals surface area (Å²) in [4.78, 5) is 0.